The molecule has 0 bridgehead atoms. The number of amidine groups is 1. The second-order valence-electron chi connectivity index (χ2n) is 3.99. The average molecular weight is 235 g/mol. The smallest absolute Gasteiger partial charge is 0.238 e. The minimum Gasteiger partial charge on any atom is -0.409 e. The zero-order chi connectivity index (χ0) is 12.9. The molecule has 1 unspecified atom stereocenters. The summed E-state index contributed by atoms with van der Waals surface area (Å²) in [5, 5.41) is 14.4. The lowest BCUT2D eigenvalue weighted by atomic mass is 9.85. The summed E-state index contributed by atoms with van der Waals surface area (Å²) in [5.74, 6) is -0.380. The van der Waals surface area contributed by atoms with Crippen LogP contribution < -0.4 is 11.1 Å². The van der Waals surface area contributed by atoms with Crippen molar-refractivity contribution in [3.8, 4) is 0 Å². The van der Waals surface area contributed by atoms with Crippen LogP contribution in [-0.2, 0) is 4.79 Å². The van der Waals surface area contributed by atoms with E-state index in [9.17, 15) is 4.79 Å². The fraction of sp³-hybridized carbons (Fsp3) is 0.333. The molecule has 0 saturated carbocycles. The highest BCUT2D eigenvalue weighted by atomic mass is 16.4. The standard InChI is InChI=1S/C12H17N3O2/c1-3-12(2,10(13)15-17)11(16)14-9-7-5-4-6-8-9/h4-8,17H,3H2,1-2H3,(H2,13,15)(H,14,16). The van der Waals surface area contributed by atoms with E-state index in [0.29, 0.717) is 12.1 Å². The van der Waals surface area contributed by atoms with Crippen LogP contribution in [0.4, 0.5) is 5.69 Å². The van der Waals surface area contributed by atoms with Crippen molar-refractivity contribution in [1.82, 2.24) is 0 Å². The van der Waals surface area contributed by atoms with Gasteiger partial charge in [-0.15, -0.1) is 0 Å². The molecule has 92 valence electrons. The number of oxime groups is 1. The maximum absolute atomic E-state index is 12.1. The summed E-state index contributed by atoms with van der Waals surface area (Å²) in [5.41, 5.74) is 5.23. The molecule has 17 heavy (non-hydrogen) atoms. The summed E-state index contributed by atoms with van der Waals surface area (Å²) in [6, 6.07) is 9.06. The molecular formula is C12H17N3O2. The van der Waals surface area contributed by atoms with E-state index in [4.69, 9.17) is 10.9 Å². The number of hydrogen-bond acceptors (Lipinski definition) is 3. The van der Waals surface area contributed by atoms with Crippen LogP contribution in [0.15, 0.2) is 35.5 Å². The van der Waals surface area contributed by atoms with E-state index < -0.39 is 5.41 Å². The van der Waals surface area contributed by atoms with Crippen LogP contribution in [-0.4, -0.2) is 17.0 Å². The SMILES string of the molecule is CCC(C)(C(=O)Nc1ccccc1)/C(N)=N/O. The van der Waals surface area contributed by atoms with Crippen LogP contribution in [0, 0.1) is 5.41 Å². The number of anilines is 1. The van der Waals surface area contributed by atoms with E-state index in [1.165, 1.54) is 0 Å². The molecule has 0 aliphatic rings. The van der Waals surface area contributed by atoms with E-state index in [-0.39, 0.29) is 11.7 Å². The number of nitrogens with zero attached hydrogens (tertiary/aromatic N) is 1. The van der Waals surface area contributed by atoms with E-state index in [2.05, 4.69) is 10.5 Å². The molecule has 1 atom stereocenters. The van der Waals surface area contributed by atoms with Crippen LogP contribution in [0.2, 0.25) is 0 Å². The second kappa shape index (κ2) is 5.34. The van der Waals surface area contributed by atoms with Crippen molar-refractivity contribution < 1.29 is 10.0 Å². The Morgan fingerprint density at radius 2 is 2.06 bits per heavy atom. The van der Waals surface area contributed by atoms with E-state index >= 15 is 0 Å². The number of benzene rings is 1. The first-order valence-corrected chi connectivity index (χ1v) is 5.39. The molecule has 0 aliphatic carbocycles. The fourth-order valence-electron chi connectivity index (χ4n) is 1.36. The minimum atomic E-state index is -1.01. The Morgan fingerprint density at radius 3 is 2.53 bits per heavy atom. The third-order valence-corrected chi connectivity index (χ3v) is 2.91. The van der Waals surface area contributed by atoms with Gasteiger partial charge in [0.25, 0.3) is 0 Å². The number of carbonyl (C=O) groups is 1. The number of para-hydroxylation sites is 1. The van der Waals surface area contributed by atoms with Crippen molar-refractivity contribution in [2.24, 2.45) is 16.3 Å². The highest BCUT2D eigenvalue weighted by molar-refractivity contribution is 6.11. The Labute approximate surface area is 100 Å². The van der Waals surface area contributed by atoms with Gasteiger partial charge < -0.3 is 16.3 Å². The van der Waals surface area contributed by atoms with Crippen LogP contribution in [0.1, 0.15) is 20.3 Å². The predicted molar refractivity (Wildman–Crippen MR) is 66.9 cm³/mol. The number of hydrogen-bond donors (Lipinski definition) is 3. The number of amides is 1. The molecule has 0 aromatic heterocycles. The van der Waals surface area contributed by atoms with Gasteiger partial charge >= 0.3 is 0 Å². The zero-order valence-corrected chi connectivity index (χ0v) is 9.97. The van der Waals surface area contributed by atoms with E-state index in [0.717, 1.165) is 0 Å². The normalized spacial score (nSPS) is 15.1. The van der Waals surface area contributed by atoms with Gasteiger partial charge in [0.2, 0.25) is 5.91 Å². The van der Waals surface area contributed by atoms with Crippen molar-refractivity contribution in [3.05, 3.63) is 30.3 Å². The molecule has 1 aromatic carbocycles. The third-order valence-electron chi connectivity index (χ3n) is 2.91. The maximum Gasteiger partial charge on any atom is 0.238 e. The zero-order valence-electron chi connectivity index (χ0n) is 9.97. The van der Waals surface area contributed by atoms with E-state index in [1.807, 2.05) is 25.1 Å². The summed E-state index contributed by atoms with van der Waals surface area (Å²) in [7, 11) is 0. The van der Waals surface area contributed by atoms with Gasteiger partial charge in [-0.1, -0.05) is 30.3 Å². The summed E-state index contributed by atoms with van der Waals surface area (Å²) in [4.78, 5) is 12.1. The molecule has 0 aliphatic heterocycles. The highest BCUT2D eigenvalue weighted by Gasteiger charge is 2.36. The molecule has 0 spiro atoms. The molecule has 0 saturated heterocycles. The topological polar surface area (TPSA) is 87.7 Å². The first-order chi connectivity index (χ1) is 8.04. The van der Waals surface area contributed by atoms with Crippen molar-refractivity contribution in [2.75, 3.05) is 5.32 Å². The van der Waals surface area contributed by atoms with Crippen molar-refractivity contribution in [2.45, 2.75) is 20.3 Å². The van der Waals surface area contributed by atoms with Crippen molar-refractivity contribution >= 4 is 17.4 Å². The highest BCUT2D eigenvalue weighted by Crippen LogP contribution is 2.23. The van der Waals surface area contributed by atoms with Crippen LogP contribution >= 0.6 is 0 Å². The van der Waals surface area contributed by atoms with Crippen LogP contribution in [0.5, 0.6) is 0 Å². The Kier molecular flexibility index (Phi) is 4.09. The summed E-state index contributed by atoms with van der Waals surface area (Å²) < 4.78 is 0. The summed E-state index contributed by atoms with van der Waals surface area (Å²) in [6.45, 7) is 3.45. The van der Waals surface area contributed by atoms with Gasteiger partial charge in [0.1, 0.15) is 5.41 Å². The number of rotatable bonds is 4. The minimum absolute atomic E-state index is 0.0894. The first kappa shape index (κ1) is 13.0. The molecule has 5 heteroatoms. The van der Waals surface area contributed by atoms with Crippen LogP contribution in [0.3, 0.4) is 0 Å². The fourth-order valence-corrected chi connectivity index (χ4v) is 1.36. The number of nitrogens with one attached hydrogen (secondary N) is 1. The lowest BCUT2D eigenvalue weighted by Crippen LogP contribution is -2.44. The number of carbonyl (C=O) groups excluding carboxylic acids is 1. The molecule has 1 aromatic rings. The first-order valence-electron chi connectivity index (χ1n) is 5.39. The molecule has 0 radical (unpaired) electrons. The van der Waals surface area contributed by atoms with Crippen molar-refractivity contribution in [1.29, 1.82) is 0 Å². The predicted octanol–water partition coefficient (Wildman–Crippen LogP) is 1.79. The Morgan fingerprint density at radius 1 is 1.47 bits per heavy atom. The van der Waals surface area contributed by atoms with Gasteiger partial charge in [-0.2, -0.15) is 0 Å². The van der Waals surface area contributed by atoms with Gasteiger partial charge in [-0.05, 0) is 25.5 Å². The third kappa shape index (κ3) is 2.75. The largest absolute Gasteiger partial charge is 0.409 e. The van der Waals surface area contributed by atoms with Gasteiger partial charge in [0, 0.05) is 5.69 Å². The Hall–Kier alpha value is -2.04. The molecule has 0 fully saturated rings. The second-order valence-corrected chi connectivity index (χ2v) is 3.99. The van der Waals surface area contributed by atoms with E-state index in [1.54, 1.807) is 19.1 Å². The Bertz CT molecular complexity index is 417. The molecular weight excluding hydrogens is 218 g/mol. The quantitative estimate of drug-likeness (QED) is 0.322. The van der Waals surface area contributed by atoms with Crippen molar-refractivity contribution in [3.63, 3.8) is 0 Å². The monoisotopic (exact) mass is 235 g/mol. The number of nitrogens with two attached hydrogens (primary N) is 1. The van der Waals surface area contributed by atoms with Crippen LogP contribution in [0.25, 0.3) is 0 Å². The van der Waals surface area contributed by atoms with Gasteiger partial charge in [0.05, 0.1) is 0 Å². The molecule has 5 nitrogen and oxygen atoms in total. The molecule has 1 rings (SSSR count). The molecule has 1 amide bonds. The average Bonchev–Trinajstić information content (AvgIpc) is 2.37. The molecule has 0 heterocycles. The summed E-state index contributed by atoms with van der Waals surface area (Å²) >= 11 is 0. The van der Waals surface area contributed by atoms with Gasteiger partial charge in [0.15, 0.2) is 5.84 Å². The lowest BCUT2D eigenvalue weighted by molar-refractivity contribution is -0.121. The lowest BCUT2D eigenvalue weighted by Gasteiger charge is -2.25. The Balaban J connectivity index is 2.89. The maximum atomic E-state index is 12.1. The van der Waals surface area contributed by atoms with Gasteiger partial charge in [-0.25, -0.2) is 0 Å². The molecule has 4 N–H and O–H groups in total. The summed E-state index contributed by atoms with van der Waals surface area (Å²) in [6.07, 6.45) is 0.446. The van der Waals surface area contributed by atoms with Gasteiger partial charge in [-0.3, -0.25) is 4.79 Å².